The molecule has 0 aliphatic carbocycles. The van der Waals surface area contributed by atoms with Crippen LogP contribution in [0.25, 0.3) is 0 Å². The molecule has 2 heterocycles. The Labute approximate surface area is 120 Å². The number of aromatic nitrogens is 2. The number of hydrogen-bond acceptors (Lipinski definition) is 6. The monoisotopic (exact) mass is 280 g/mol. The normalized spacial score (nSPS) is 22.9. The highest BCUT2D eigenvalue weighted by atomic mass is 16.5. The average Bonchev–Trinajstić information content (AvgIpc) is 2.47. The predicted molar refractivity (Wildman–Crippen MR) is 79.1 cm³/mol. The first-order valence-electron chi connectivity index (χ1n) is 7.00. The van der Waals surface area contributed by atoms with Crippen LogP contribution in [0.15, 0.2) is 6.07 Å². The molecule has 6 nitrogen and oxygen atoms in total. The van der Waals surface area contributed by atoms with Gasteiger partial charge in [-0.05, 0) is 12.3 Å². The molecule has 1 saturated heterocycles. The molecule has 112 valence electrons. The number of piperidine rings is 1. The largest absolute Gasteiger partial charge is 0.379 e. The third-order valence-corrected chi connectivity index (χ3v) is 3.80. The highest BCUT2D eigenvalue weighted by molar-refractivity contribution is 5.49. The van der Waals surface area contributed by atoms with Crippen LogP contribution in [0, 0.1) is 5.92 Å². The average molecular weight is 280 g/mol. The highest BCUT2D eigenvalue weighted by Gasteiger charge is 2.27. The SMILES string of the molecule is CNc1cc(N2CCC(C)C(OC)C2)nc(COC)n1. The molecule has 1 fully saturated rings. The fourth-order valence-corrected chi connectivity index (χ4v) is 2.52. The molecule has 2 unspecified atom stereocenters. The van der Waals surface area contributed by atoms with Crippen LogP contribution < -0.4 is 10.2 Å². The minimum absolute atomic E-state index is 0.252. The van der Waals surface area contributed by atoms with Crippen molar-refractivity contribution in [2.24, 2.45) is 5.92 Å². The molecule has 1 aromatic rings. The van der Waals surface area contributed by atoms with Crippen molar-refractivity contribution in [3.63, 3.8) is 0 Å². The lowest BCUT2D eigenvalue weighted by Gasteiger charge is -2.37. The van der Waals surface area contributed by atoms with E-state index in [4.69, 9.17) is 9.47 Å². The quantitative estimate of drug-likeness (QED) is 0.882. The smallest absolute Gasteiger partial charge is 0.158 e. The summed E-state index contributed by atoms with van der Waals surface area (Å²) in [4.78, 5) is 11.2. The van der Waals surface area contributed by atoms with Crippen molar-refractivity contribution in [3.05, 3.63) is 11.9 Å². The molecule has 0 saturated carbocycles. The van der Waals surface area contributed by atoms with Gasteiger partial charge in [-0.1, -0.05) is 6.92 Å². The molecule has 1 aliphatic rings. The maximum atomic E-state index is 5.56. The summed E-state index contributed by atoms with van der Waals surface area (Å²) in [7, 11) is 5.29. The van der Waals surface area contributed by atoms with E-state index in [1.165, 1.54) is 0 Å². The Morgan fingerprint density at radius 1 is 1.40 bits per heavy atom. The van der Waals surface area contributed by atoms with E-state index in [2.05, 4.69) is 27.1 Å². The van der Waals surface area contributed by atoms with E-state index in [1.807, 2.05) is 13.1 Å². The second-order valence-corrected chi connectivity index (χ2v) is 5.20. The second-order valence-electron chi connectivity index (χ2n) is 5.20. The van der Waals surface area contributed by atoms with Crippen LogP contribution in [-0.2, 0) is 16.1 Å². The summed E-state index contributed by atoms with van der Waals surface area (Å²) in [6, 6.07) is 1.97. The lowest BCUT2D eigenvalue weighted by Crippen LogP contribution is -2.44. The van der Waals surface area contributed by atoms with Crippen molar-refractivity contribution < 1.29 is 9.47 Å². The lowest BCUT2D eigenvalue weighted by molar-refractivity contribution is 0.0496. The van der Waals surface area contributed by atoms with Crippen molar-refractivity contribution in [2.75, 3.05) is 44.6 Å². The number of nitrogens with zero attached hydrogens (tertiary/aromatic N) is 3. The Morgan fingerprint density at radius 3 is 2.85 bits per heavy atom. The van der Waals surface area contributed by atoms with Gasteiger partial charge in [0.15, 0.2) is 5.82 Å². The summed E-state index contributed by atoms with van der Waals surface area (Å²) < 4.78 is 10.7. The Hall–Kier alpha value is -1.40. The summed E-state index contributed by atoms with van der Waals surface area (Å²) in [5, 5.41) is 3.07. The first-order valence-corrected chi connectivity index (χ1v) is 7.00. The molecule has 1 aromatic heterocycles. The van der Waals surface area contributed by atoms with E-state index in [1.54, 1.807) is 14.2 Å². The van der Waals surface area contributed by atoms with Crippen LogP contribution in [0.1, 0.15) is 19.2 Å². The van der Waals surface area contributed by atoms with Gasteiger partial charge < -0.3 is 19.7 Å². The number of rotatable bonds is 5. The van der Waals surface area contributed by atoms with Gasteiger partial charge in [-0.3, -0.25) is 0 Å². The standard InChI is InChI=1S/C14H24N4O2/c1-10-5-6-18(8-11(10)20-4)14-7-12(15-2)16-13(17-14)9-19-3/h7,10-11H,5-6,8-9H2,1-4H3,(H,15,16,17). The van der Waals surface area contributed by atoms with Crippen LogP contribution in [0.5, 0.6) is 0 Å². The molecule has 0 aromatic carbocycles. The van der Waals surface area contributed by atoms with Crippen LogP contribution in [0.3, 0.4) is 0 Å². The summed E-state index contributed by atoms with van der Waals surface area (Å²) in [5.74, 6) is 3.03. The molecule has 1 N–H and O–H groups in total. The first kappa shape index (κ1) is 15.0. The Morgan fingerprint density at radius 2 is 2.20 bits per heavy atom. The van der Waals surface area contributed by atoms with E-state index in [-0.39, 0.29) is 6.10 Å². The van der Waals surface area contributed by atoms with Gasteiger partial charge in [0.05, 0.1) is 6.10 Å². The number of methoxy groups -OCH3 is 2. The molecule has 0 amide bonds. The molecular weight excluding hydrogens is 256 g/mol. The fraction of sp³-hybridized carbons (Fsp3) is 0.714. The molecule has 0 spiro atoms. The number of hydrogen-bond donors (Lipinski definition) is 1. The second kappa shape index (κ2) is 6.85. The molecule has 6 heteroatoms. The topological polar surface area (TPSA) is 59.5 Å². The van der Waals surface area contributed by atoms with Crippen LogP contribution in [0.2, 0.25) is 0 Å². The highest BCUT2D eigenvalue weighted by Crippen LogP contribution is 2.25. The van der Waals surface area contributed by atoms with Crippen molar-refractivity contribution in [3.8, 4) is 0 Å². The number of ether oxygens (including phenoxy) is 2. The van der Waals surface area contributed by atoms with Crippen LogP contribution >= 0.6 is 0 Å². The van der Waals surface area contributed by atoms with E-state index < -0.39 is 0 Å². The molecule has 0 radical (unpaired) electrons. The van der Waals surface area contributed by atoms with E-state index in [9.17, 15) is 0 Å². The maximum absolute atomic E-state index is 5.56. The van der Waals surface area contributed by atoms with Gasteiger partial charge in [0, 0.05) is 40.4 Å². The molecule has 2 rings (SSSR count). The molecule has 20 heavy (non-hydrogen) atoms. The molecule has 1 aliphatic heterocycles. The van der Waals surface area contributed by atoms with Crippen LogP contribution in [0.4, 0.5) is 11.6 Å². The number of nitrogens with one attached hydrogen (secondary N) is 1. The van der Waals surface area contributed by atoms with Gasteiger partial charge in [0.25, 0.3) is 0 Å². The first-order chi connectivity index (χ1) is 9.67. The Kier molecular flexibility index (Phi) is 5.14. The van der Waals surface area contributed by atoms with Gasteiger partial charge in [-0.2, -0.15) is 0 Å². The van der Waals surface area contributed by atoms with Gasteiger partial charge >= 0.3 is 0 Å². The Bertz CT molecular complexity index is 441. The molecular formula is C14H24N4O2. The molecule has 0 bridgehead atoms. The van der Waals surface area contributed by atoms with Crippen molar-refractivity contribution in [1.82, 2.24) is 9.97 Å². The zero-order chi connectivity index (χ0) is 14.5. The third kappa shape index (κ3) is 3.37. The zero-order valence-corrected chi connectivity index (χ0v) is 12.7. The third-order valence-electron chi connectivity index (χ3n) is 3.80. The maximum Gasteiger partial charge on any atom is 0.158 e. The van der Waals surface area contributed by atoms with Crippen molar-refractivity contribution >= 4 is 11.6 Å². The van der Waals surface area contributed by atoms with E-state index in [0.717, 1.165) is 31.1 Å². The van der Waals surface area contributed by atoms with Crippen molar-refractivity contribution in [2.45, 2.75) is 26.1 Å². The van der Waals surface area contributed by atoms with Gasteiger partial charge in [0.2, 0.25) is 0 Å². The van der Waals surface area contributed by atoms with Gasteiger partial charge in [0.1, 0.15) is 18.2 Å². The predicted octanol–water partition coefficient (Wildman–Crippen LogP) is 1.53. The number of anilines is 2. The lowest BCUT2D eigenvalue weighted by atomic mass is 9.96. The minimum Gasteiger partial charge on any atom is -0.379 e. The summed E-state index contributed by atoms with van der Waals surface area (Å²) >= 11 is 0. The van der Waals surface area contributed by atoms with Gasteiger partial charge in [-0.15, -0.1) is 0 Å². The zero-order valence-electron chi connectivity index (χ0n) is 12.7. The molecule has 2 atom stereocenters. The summed E-state index contributed by atoms with van der Waals surface area (Å²) in [5.41, 5.74) is 0. The van der Waals surface area contributed by atoms with Crippen LogP contribution in [-0.4, -0.2) is 50.4 Å². The van der Waals surface area contributed by atoms with E-state index >= 15 is 0 Å². The van der Waals surface area contributed by atoms with E-state index in [0.29, 0.717) is 18.3 Å². The summed E-state index contributed by atoms with van der Waals surface area (Å²) in [6.45, 7) is 4.51. The van der Waals surface area contributed by atoms with Crippen molar-refractivity contribution in [1.29, 1.82) is 0 Å². The Balaban J connectivity index is 2.20. The summed E-state index contributed by atoms with van der Waals surface area (Å²) in [6.07, 6.45) is 1.36. The minimum atomic E-state index is 0.252. The fourth-order valence-electron chi connectivity index (χ4n) is 2.52. The van der Waals surface area contributed by atoms with Gasteiger partial charge in [-0.25, -0.2) is 9.97 Å².